The van der Waals surface area contributed by atoms with Crippen LogP contribution in [-0.4, -0.2) is 45.9 Å². The molecule has 0 aliphatic carbocycles. The van der Waals surface area contributed by atoms with Crippen LogP contribution in [0.4, 0.5) is 0 Å². The number of hydrogen-bond acceptors (Lipinski definition) is 4. The van der Waals surface area contributed by atoms with E-state index in [0.29, 0.717) is 0 Å². The molecular weight excluding hydrogens is 250 g/mol. The minimum Gasteiger partial charge on any atom is -0.477 e. The maximum Gasteiger partial charge on any atom is 0.376 e. The first-order valence-electron chi connectivity index (χ1n) is 5.94. The Morgan fingerprint density at radius 3 is 1.95 bits per heavy atom. The molecule has 0 saturated heterocycles. The van der Waals surface area contributed by atoms with Crippen LogP contribution in [0.2, 0.25) is 0 Å². The Labute approximate surface area is 111 Å². The molecule has 1 rings (SSSR count). The molecule has 0 spiro atoms. The molecule has 0 heterocycles. The maximum absolute atomic E-state index is 11.5. The Morgan fingerprint density at radius 2 is 1.58 bits per heavy atom. The average molecular weight is 267 g/mol. The lowest BCUT2D eigenvalue weighted by atomic mass is 10.1. The first-order valence-corrected chi connectivity index (χ1v) is 5.94. The predicted octanol–water partition coefficient (Wildman–Crippen LogP) is 1.27. The van der Waals surface area contributed by atoms with Crippen LogP contribution in [0, 0.1) is 0 Å². The van der Waals surface area contributed by atoms with E-state index in [-0.39, 0.29) is 18.8 Å². The molecule has 2 N–H and O–H groups in total. The summed E-state index contributed by atoms with van der Waals surface area (Å²) in [6.45, 7) is 3.83. The van der Waals surface area contributed by atoms with Crippen molar-refractivity contribution in [2.75, 3.05) is 13.1 Å². The number of nitrogens with zero attached hydrogens (tertiary/aromatic N) is 1. The summed E-state index contributed by atoms with van der Waals surface area (Å²) in [7, 11) is 0. The number of ether oxygens (including phenoxy) is 1. The molecule has 0 fully saturated rings. The Balaban J connectivity index is 3.24. The number of carboxylic acid groups (broad SMARTS) is 2. The standard InChI is InChI=1S/C13H17NO5/c1-3-14(4-2)13(11(15)16,12(17)18)19-10-8-6-5-7-9-10/h5-9H,3-4H2,1-2H3,(H,15,16)(H,17,18). The fraction of sp³-hybridized carbons (Fsp3) is 0.385. The minimum atomic E-state index is -2.41. The molecule has 0 aromatic heterocycles. The Kier molecular flexibility index (Phi) is 4.88. The monoisotopic (exact) mass is 267 g/mol. The van der Waals surface area contributed by atoms with Gasteiger partial charge >= 0.3 is 17.7 Å². The van der Waals surface area contributed by atoms with Gasteiger partial charge in [-0.25, -0.2) is 14.5 Å². The van der Waals surface area contributed by atoms with Crippen molar-refractivity contribution in [2.24, 2.45) is 0 Å². The number of aliphatic carboxylic acids is 2. The van der Waals surface area contributed by atoms with Gasteiger partial charge in [0.25, 0.3) is 0 Å². The quantitative estimate of drug-likeness (QED) is 0.571. The van der Waals surface area contributed by atoms with Gasteiger partial charge in [-0.1, -0.05) is 32.0 Å². The predicted molar refractivity (Wildman–Crippen MR) is 68.0 cm³/mol. The van der Waals surface area contributed by atoms with Gasteiger partial charge in [-0.05, 0) is 12.1 Å². The van der Waals surface area contributed by atoms with Crippen LogP contribution in [0.15, 0.2) is 30.3 Å². The van der Waals surface area contributed by atoms with Crippen molar-refractivity contribution in [1.29, 1.82) is 0 Å². The molecule has 0 amide bonds. The molecule has 0 radical (unpaired) electrons. The highest BCUT2D eigenvalue weighted by Gasteiger charge is 2.54. The van der Waals surface area contributed by atoms with Crippen molar-refractivity contribution in [3.8, 4) is 5.75 Å². The van der Waals surface area contributed by atoms with E-state index in [9.17, 15) is 19.8 Å². The molecule has 104 valence electrons. The summed E-state index contributed by atoms with van der Waals surface area (Å²) in [6, 6.07) is 8.06. The Hall–Kier alpha value is -2.08. The molecule has 0 saturated carbocycles. The molecule has 0 aliphatic rings. The van der Waals surface area contributed by atoms with Gasteiger partial charge in [0, 0.05) is 13.1 Å². The highest BCUT2D eigenvalue weighted by molar-refractivity contribution is 6.01. The van der Waals surface area contributed by atoms with Gasteiger partial charge in [0.2, 0.25) is 0 Å². The molecule has 6 heteroatoms. The van der Waals surface area contributed by atoms with Crippen molar-refractivity contribution in [3.63, 3.8) is 0 Å². The molecule has 6 nitrogen and oxygen atoms in total. The summed E-state index contributed by atoms with van der Waals surface area (Å²) in [5.41, 5.74) is -2.41. The lowest BCUT2D eigenvalue weighted by Crippen LogP contribution is -2.64. The molecule has 1 aromatic carbocycles. The summed E-state index contributed by atoms with van der Waals surface area (Å²) >= 11 is 0. The van der Waals surface area contributed by atoms with E-state index in [1.54, 1.807) is 32.0 Å². The van der Waals surface area contributed by atoms with E-state index < -0.39 is 17.7 Å². The molecule has 0 atom stereocenters. The van der Waals surface area contributed by atoms with Gasteiger partial charge in [-0.3, -0.25) is 0 Å². The largest absolute Gasteiger partial charge is 0.477 e. The molecular formula is C13H17NO5. The molecule has 0 aliphatic heterocycles. The topological polar surface area (TPSA) is 87.1 Å². The summed E-state index contributed by atoms with van der Waals surface area (Å²) in [6.07, 6.45) is 0. The first kappa shape index (κ1) is 15.0. The van der Waals surface area contributed by atoms with Crippen LogP contribution >= 0.6 is 0 Å². The summed E-state index contributed by atoms with van der Waals surface area (Å²) in [5, 5.41) is 18.7. The highest BCUT2D eigenvalue weighted by Crippen LogP contribution is 2.23. The van der Waals surface area contributed by atoms with Crippen molar-refractivity contribution in [1.82, 2.24) is 4.90 Å². The molecule has 19 heavy (non-hydrogen) atoms. The fourth-order valence-corrected chi connectivity index (χ4v) is 1.84. The van der Waals surface area contributed by atoms with Crippen LogP contribution in [0.3, 0.4) is 0 Å². The number of likely N-dealkylation sites (N-methyl/N-ethyl adjacent to an activating group) is 1. The summed E-state index contributed by atoms with van der Waals surface area (Å²) < 4.78 is 5.30. The number of hydrogen-bond donors (Lipinski definition) is 2. The normalized spacial score (nSPS) is 11.3. The third-order valence-electron chi connectivity index (χ3n) is 2.80. The van der Waals surface area contributed by atoms with Crippen molar-refractivity contribution >= 4 is 11.9 Å². The van der Waals surface area contributed by atoms with Crippen LogP contribution in [0.25, 0.3) is 0 Å². The van der Waals surface area contributed by atoms with E-state index in [4.69, 9.17) is 4.74 Å². The van der Waals surface area contributed by atoms with Crippen molar-refractivity contribution in [2.45, 2.75) is 19.6 Å². The second kappa shape index (κ2) is 6.19. The smallest absolute Gasteiger partial charge is 0.376 e. The fourth-order valence-electron chi connectivity index (χ4n) is 1.84. The molecule has 0 bridgehead atoms. The van der Waals surface area contributed by atoms with Crippen LogP contribution in [0.5, 0.6) is 5.75 Å². The van der Waals surface area contributed by atoms with Gasteiger partial charge in [0.05, 0.1) is 0 Å². The van der Waals surface area contributed by atoms with Crippen LogP contribution < -0.4 is 4.74 Å². The van der Waals surface area contributed by atoms with Crippen molar-refractivity contribution in [3.05, 3.63) is 30.3 Å². The van der Waals surface area contributed by atoms with Gasteiger partial charge in [0.15, 0.2) is 0 Å². The second-order valence-corrected chi connectivity index (χ2v) is 3.84. The third-order valence-corrected chi connectivity index (χ3v) is 2.80. The van der Waals surface area contributed by atoms with Crippen LogP contribution in [0.1, 0.15) is 13.8 Å². The number of carbonyl (C=O) groups is 2. The minimum absolute atomic E-state index is 0.194. The van der Waals surface area contributed by atoms with E-state index in [1.165, 1.54) is 17.0 Å². The maximum atomic E-state index is 11.5. The van der Waals surface area contributed by atoms with E-state index in [2.05, 4.69) is 0 Å². The van der Waals surface area contributed by atoms with Crippen molar-refractivity contribution < 1.29 is 24.5 Å². The zero-order chi connectivity index (χ0) is 14.5. The lowest BCUT2D eigenvalue weighted by molar-refractivity contribution is -0.192. The molecule has 1 aromatic rings. The van der Waals surface area contributed by atoms with Crippen LogP contribution in [-0.2, 0) is 9.59 Å². The summed E-state index contributed by atoms with van der Waals surface area (Å²) in [4.78, 5) is 24.2. The lowest BCUT2D eigenvalue weighted by Gasteiger charge is -2.35. The SMILES string of the molecule is CCN(CC)C(Oc1ccccc1)(C(=O)O)C(=O)O. The molecule has 0 unspecified atom stereocenters. The zero-order valence-corrected chi connectivity index (χ0v) is 10.9. The van der Waals surface area contributed by atoms with Gasteiger partial charge < -0.3 is 14.9 Å². The van der Waals surface area contributed by atoms with Gasteiger partial charge in [-0.2, -0.15) is 0 Å². The number of carboxylic acids is 2. The van der Waals surface area contributed by atoms with Gasteiger partial charge in [-0.15, -0.1) is 0 Å². The van der Waals surface area contributed by atoms with E-state index >= 15 is 0 Å². The highest BCUT2D eigenvalue weighted by atomic mass is 16.6. The second-order valence-electron chi connectivity index (χ2n) is 3.84. The summed E-state index contributed by atoms with van der Waals surface area (Å²) in [5.74, 6) is -2.90. The van der Waals surface area contributed by atoms with Gasteiger partial charge in [0.1, 0.15) is 5.75 Å². The van der Waals surface area contributed by atoms with E-state index in [1.807, 2.05) is 0 Å². The zero-order valence-electron chi connectivity index (χ0n) is 10.9. The number of para-hydroxylation sites is 1. The average Bonchev–Trinajstić information content (AvgIpc) is 2.39. The number of benzene rings is 1. The van der Waals surface area contributed by atoms with E-state index in [0.717, 1.165) is 0 Å². The first-order chi connectivity index (χ1) is 8.98. The Morgan fingerprint density at radius 1 is 1.11 bits per heavy atom. The number of rotatable bonds is 7. The Bertz CT molecular complexity index is 428. The third kappa shape index (κ3) is 2.85.